The quantitative estimate of drug-likeness (QED) is 0.649. The Morgan fingerprint density at radius 2 is 1.50 bits per heavy atom. The average molecular weight is 264 g/mol. The molecule has 0 aliphatic carbocycles. The van der Waals surface area contributed by atoms with E-state index >= 15 is 0 Å². The van der Waals surface area contributed by atoms with Crippen LogP contribution in [-0.4, -0.2) is 0 Å². The topological polar surface area (TPSA) is 17.0 Å². The molecular weight excluding hydrogens is 246 g/mol. The Hall–Kier alpha value is -2.35. The number of hydrogen-bond acceptors (Lipinski definition) is 1. The van der Waals surface area contributed by atoms with Gasteiger partial charge in [0.15, 0.2) is 0 Å². The van der Waals surface area contributed by atoms with E-state index in [-0.39, 0.29) is 6.04 Å². The Kier molecular flexibility index (Phi) is 3.38. The van der Waals surface area contributed by atoms with Crippen LogP contribution in [0.25, 0.3) is 11.3 Å². The third-order valence-corrected chi connectivity index (χ3v) is 3.58. The molecule has 0 saturated heterocycles. The number of benzene rings is 2. The molecule has 3 aromatic rings. The minimum absolute atomic E-state index is 0.189. The fraction of sp³-hybridized carbons (Fsp3) is 0.167. The van der Waals surface area contributed by atoms with Gasteiger partial charge in [-0.25, -0.2) is 4.52 Å². The maximum atomic E-state index is 6.03. The summed E-state index contributed by atoms with van der Waals surface area (Å²) in [5, 5.41) is 0. The maximum absolute atomic E-state index is 6.03. The van der Waals surface area contributed by atoms with Crippen molar-refractivity contribution in [3.05, 3.63) is 78.0 Å². The zero-order valence-corrected chi connectivity index (χ0v) is 11.8. The fourth-order valence-electron chi connectivity index (χ4n) is 2.45. The molecule has 0 N–H and O–H groups in total. The predicted molar refractivity (Wildman–Crippen MR) is 79.3 cm³/mol. The summed E-state index contributed by atoms with van der Waals surface area (Å²) < 4.78 is 8.00. The van der Waals surface area contributed by atoms with Crippen LogP contribution in [0.3, 0.4) is 0 Å². The Morgan fingerprint density at radius 3 is 2.15 bits per heavy atom. The van der Waals surface area contributed by atoms with Crippen molar-refractivity contribution in [1.82, 2.24) is 0 Å². The second-order valence-electron chi connectivity index (χ2n) is 5.02. The number of aromatic nitrogens is 1. The van der Waals surface area contributed by atoms with Gasteiger partial charge in [0.2, 0.25) is 17.5 Å². The fourth-order valence-corrected chi connectivity index (χ4v) is 2.45. The highest BCUT2D eigenvalue weighted by atomic mass is 16.5. The van der Waals surface area contributed by atoms with E-state index in [2.05, 4.69) is 56.3 Å². The number of nitrogens with zero attached hydrogens (tertiary/aromatic N) is 1. The SMILES string of the molecule is Cc1cc(-c2ccccc2)o[n+]1[C@H](C)c1ccccc1. The van der Waals surface area contributed by atoms with Crippen molar-refractivity contribution in [3.63, 3.8) is 0 Å². The van der Waals surface area contributed by atoms with Crippen molar-refractivity contribution in [2.75, 3.05) is 0 Å². The number of hydrogen-bond donors (Lipinski definition) is 0. The standard InChI is InChI=1S/C18H18NO/c1-14-13-18(17-11-7-4-8-12-17)20-19(14)15(2)16-9-5-3-6-10-16/h3-13,15H,1-2H3/q+1/t15-/m1/s1. The van der Waals surface area contributed by atoms with E-state index in [0.717, 1.165) is 17.0 Å². The first-order valence-electron chi connectivity index (χ1n) is 6.88. The molecule has 0 spiro atoms. The zero-order chi connectivity index (χ0) is 13.9. The summed E-state index contributed by atoms with van der Waals surface area (Å²) in [6.07, 6.45) is 0. The lowest BCUT2D eigenvalue weighted by molar-refractivity contribution is -0.876. The van der Waals surface area contributed by atoms with Crippen molar-refractivity contribution < 1.29 is 9.26 Å². The lowest BCUT2D eigenvalue weighted by Gasteiger charge is -2.03. The third kappa shape index (κ3) is 2.37. The van der Waals surface area contributed by atoms with Gasteiger partial charge in [0, 0.05) is 25.0 Å². The second kappa shape index (κ2) is 5.33. The second-order valence-corrected chi connectivity index (χ2v) is 5.02. The minimum Gasteiger partial charge on any atom is -0.235 e. The largest absolute Gasteiger partial charge is 0.235 e. The van der Waals surface area contributed by atoms with Gasteiger partial charge in [-0.1, -0.05) is 60.7 Å². The summed E-state index contributed by atoms with van der Waals surface area (Å²) in [7, 11) is 0. The van der Waals surface area contributed by atoms with Gasteiger partial charge in [-0.15, -0.1) is 0 Å². The van der Waals surface area contributed by atoms with Gasteiger partial charge in [0.25, 0.3) is 0 Å². The maximum Gasteiger partial charge on any atom is 0.229 e. The van der Waals surface area contributed by atoms with E-state index < -0.39 is 0 Å². The molecule has 0 radical (unpaired) electrons. The minimum atomic E-state index is 0.189. The molecular formula is C18H18NO+. The normalized spacial score (nSPS) is 12.3. The average Bonchev–Trinajstić information content (AvgIpc) is 2.90. The van der Waals surface area contributed by atoms with E-state index in [9.17, 15) is 0 Å². The summed E-state index contributed by atoms with van der Waals surface area (Å²) >= 11 is 0. The molecule has 2 aromatic carbocycles. The lowest BCUT2D eigenvalue weighted by Crippen LogP contribution is -2.38. The first-order chi connectivity index (χ1) is 9.75. The third-order valence-electron chi connectivity index (χ3n) is 3.58. The summed E-state index contributed by atoms with van der Waals surface area (Å²) in [4.78, 5) is 0. The molecule has 0 bridgehead atoms. The van der Waals surface area contributed by atoms with E-state index in [1.54, 1.807) is 0 Å². The zero-order valence-electron chi connectivity index (χ0n) is 11.8. The Morgan fingerprint density at radius 1 is 0.900 bits per heavy atom. The van der Waals surface area contributed by atoms with Crippen molar-refractivity contribution in [1.29, 1.82) is 0 Å². The van der Waals surface area contributed by atoms with Crippen LogP contribution in [0.2, 0.25) is 0 Å². The van der Waals surface area contributed by atoms with Crippen LogP contribution in [0, 0.1) is 6.92 Å². The highest BCUT2D eigenvalue weighted by Gasteiger charge is 2.24. The summed E-state index contributed by atoms with van der Waals surface area (Å²) in [5.41, 5.74) is 3.48. The van der Waals surface area contributed by atoms with E-state index in [4.69, 9.17) is 4.52 Å². The molecule has 1 heterocycles. The van der Waals surface area contributed by atoms with Crippen molar-refractivity contribution >= 4 is 0 Å². The summed E-state index contributed by atoms with van der Waals surface area (Å²) in [5.74, 6) is 0.908. The summed E-state index contributed by atoms with van der Waals surface area (Å²) in [6, 6.07) is 22.9. The van der Waals surface area contributed by atoms with Crippen LogP contribution in [-0.2, 0) is 0 Å². The molecule has 1 atom stereocenters. The van der Waals surface area contributed by atoms with Gasteiger partial charge < -0.3 is 0 Å². The number of rotatable bonds is 3. The van der Waals surface area contributed by atoms with Crippen LogP contribution >= 0.6 is 0 Å². The number of aryl methyl sites for hydroxylation is 1. The van der Waals surface area contributed by atoms with Crippen molar-refractivity contribution in [2.45, 2.75) is 19.9 Å². The lowest BCUT2D eigenvalue weighted by atomic mass is 10.1. The van der Waals surface area contributed by atoms with Crippen LogP contribution < -0.4 is 4.74 Å². The van der Waals surface area contributed by atoms with Crippen LogP contribution in [0.5, 0.6) is 0 Å². The monoisotopic (exact) mass is 264 g/mol. The first kappa shape index (κ1) is 12.7. The summed E-state index contributed by atoms with van der Waals surface area (Å²) in [6.45, 7) is 4.23. The van der Waals surface area contributed by atoms with E-state index in [1.807, 2.05) is 29.0 Å². The van der Waals surface area contributed by atoms with E-state index in [0.29, 0.717) is 0 Å². The molecule has 2 nitrogen and oxygen atoms in total. The highest BCUT2D eigenvalue weighted by Crippen LogP contribution is 2.21. The Bertz CT molecular complexity index is 686. The Labute approximate surface area is 119 Å². The highest BCUT2D eigenvalue weighted by molar-refractivity contribution is 5.56. The van der Waals surface area contributed by atoms with Crippen LogP contribution in [0.4, 0.5) is 0 Å². The van der Waals surface area contributed by atoms with Gasteiger partial charge in [-0.3, -0.25) is 0 Å². The Balaban J connectivity index is 1.98. The molecule has 3 rings (SSSR count). The molecule has 0 unspecified atom stereocenters. The predicted octanol–water partition coefficient (Wildman–Crippen LogP) is 4.15. The van der Waals surface area contributed by atoms with Crippen LogP contribution in [0.1, 0.15) is 24.2 Å². The smallest absolute Gasteiger partial charge is 0.229 e. The van der Waals surface area contributed by atoms with Crippen molar-refractivity contribution in [2.24, 2.45) is 0 Å². The van der Waals surface area contributed by atoms with Crippen molar-refractivity contribution in [3.8, 4) is 11.3 Å². The molecule has 2 heteroatoms. The van der Waals surface area contributed by atoms with Gasteiger partial charge in [0.05, 0.1) is 6.07 Å². The van der Waals surface area contributed by atoms with Gasteiger partial charge in [0.1, 0.15) is 0 Å². The first-order valence-corrected chi connectivity index (χ1v) is 6.88. The molecule has 0 fully saturated rings. The van der Waals surface area contributed by atoms with Gasteiger partial charge in [-0.2, -0.15) is 0 Å². The molecule has 1 aromatic heterocycles. The van der Waals surface area contributed by atoms with Gasteiger partial charge >= 0.3 is 0 Å². The molecule has 0 aliphatic heterocycles. The van der Waals surface area contributed by atoms with Crippen LogP contribution in [0.15, 0.2) is 71.3 Å². The van der Waals surface area contributed by atoms with E-state index in [1.165, 1.54) is 5.56 Å². The molecule has 0 amide bonds. The molecule has 100 valence electrons. The molecule has 20 heavy (non-hydrogen) atoms. The van der Waals surface area contributed by atoms with Gasteiger partial charge in [-0.05, 0) is 4.74 Å². The molecule has 0 aliphatic rings. The molecule has 0 saturated carbocycles.